The van der Waals surface area contributed by atoms with E-state index in [1.165, 1.54) is 0 Å². The zero-order valence-corrected chi connectivity index (χ0v) is 9.81. The van der Waals surface area contributed by atoms with Crippen LogP contribution in [0.4, 0.5) is 0 Å². The van der Waals surface area contributed by atoms with Crippen molar-refractivity contribution in [2.45, 2.75) is 32.4 Å². The molecule has 4 nitrogen and oxygen atoms in total. The van der Waals surface area contributed by atoms with E-state index in [0.717, 1.165) is 35.9 Å². The number of hydrogen-bond acceptors (Lipinski definition) is 2. The second-order valence-corrected chi connectivity index (χ2v) is 4.48. The Morgan fingerprint density at radius 1 is 1.53 bits per heavy atom. The Bertz CT molecular complexity index is 569. The Morgan fingerprint density at radius 3 is 3.06 bits per heavy atom. The second-order valence-electron chi connectivity index (χ2n) is 4.48. The Balaban J connectivity index is 1.96. The maximum absolute atomic E-state index is 11.9. The number of nitrogens with one attached hydrogen (secondary N) is 1. The van der Waals surface area contributed by atoms with Crippen molar-refractivity contribution in [2.24, 2.45) is 0 Å². The summed E-state index contributed by atoms with van der Waals surface area (Å²) in [6.07, 6.45) is 4.06. The first kappa shape index (κ1) is 10.3. The van der Waals surface area contributed by atoms with Gasteiger partial charge in [0.05, 0.1) is 11.7 Å². The SMILES string of the molecule is CCn1ncc2ccc(C(=O)NC3CC3)cc21. The third-order valence-corrected chi connectivity index (χ3v) is 3.12. The summed E-state index contributed by atoms with van der Waals surface area (Å²) in [6.45, 7) is 2.86. The predicted octanol–water partition coefficient (Wildman–Crippen LogP) is 1.95. The summed E-state index contributed by atoms with van der Waals surface area (Å²) in [6, 6.07) is 6.14. The molecule has 0 spiro atoms. The Kier molecular flexibility index (Phi) is 2.35. The molecule has 0 aliphatic heterocycles. The van der Waals surface area contributed by atoms with Gasteiger partial charge in [0.2, 0.25) is 0 Å². The number of nitrogens with zero attached hydrogens (tertiary/aromatic N) is 2. The monoisotopic (exact) mass is 229 g/mol. The molecule has 17 heavy (non-hydrogen) atoms. The van der Waals surface area contributed by atoms with E-state index >= 15 is 0 Å². The Morgan fingerprint density at radius 2 is 2.35 bits per heavy atom. The fourth-order valence-electron chi connectivity index (χ4n) is 1.96. The molecule has 2 aromatic rings. The lowest BCUT2D eigenvalue weighted by Gasteiger charge is -2.04. The lowest BCUT2D eigenvalue weighted by molar-refractivity contribution is 0.0951. The Labute approximate surface area is 99.6 Å². The van der Waals surface area contributed by atoms with E-state index in [9.17, 15) is 4.79 Å². The molecule has 1 N–H and O–H groups in total. The molecule has 0 unspecified atom stereocenters. The number of benzene rings is 1. The van der Waals surface area contributed by atoms with Crippen LogP contribution in [0.2, 0.25) is 0 Å². The van der Waals surface area contributed by atoms with Crippen LogP contribution in [0.25, 0.3) is 10.9 Å². The fourth-order valence-corrected chi connectivity index (χ4v) is 1.96. The normalized spacial score (nSPS) is 15.1. The van der Waals surface area contributed by atoms with Crippen LogP contribution < -0.4 is 5.32 Å². The van der Waals surface area contributed by atoms with Gasteiger partial charge < -0.3 is 5.32 Å². The molecule has 1 aliphatic rings. The van der Waals surface area contributed by atoms with E-state index in [1.54, 1.807) is 0 Å². The average molecular weight is 229 g/mol. The van der Waals surface area contributed by atoms with Gasteiger partial charge in [-0.15, -0.1) is 0 Å². The quantitative estimate of drug-likeness (QED) is 0.874. The first-order valence-corrected chi connectivity index (χ1v) is 6.04. The lowest BCUT2D eigenvalue weighted by atomic mass is 10.1. The number of carbonyl (C=O) groups is 1. The second kappa shape index (κ2) is 3.87. The van der Waals surface area contributed by atoms with Crippen molar-refractivity contribution >= 4 is 16.8 Å². The summed E-state index contributed by atoms with van der Waals surface area (Å²) in [4.78, 5) is 11.9. The summed E-state index contributed by atoms with van der Waals surface area (Å²) in [7, 11) is 0. The van der Waals surface area contributed by atoms with Crippen molar-refractivity contribution in [1.29, 1.82) is 0 Å². The highest BCUT2D eigenvalue weighted by atomic mass is 16.1. The summed E-state index contributed by atoms with van der Waals surface area (Å²) in [5.41, 5.74) is 1.75. The van der Waals surface area contributed by atoms with Crippen LogP contribution in [0.5, 0.6) is 0 Å². The molecular weight excluding hydrogens is 214 g/mol. The fraction of sp³-hybridized carbons (Fsp3) is 0.385. The molecule has 1 amide bonds. The van der Waals surface area contributed by atoms with Gasteiger partial charge in [-0.05, 0) is 31.9 Å². The van der Waals surface area contributed by atoms with E-state index in [1.807, 2.05) is 36.0 Å². The van der Waals surface area contributed by atoms with Crippen LogP contribution in [0, 0.1) is 0 Å². The minimum atomic E-state index is 0.0262. The maximum atomic E-state index is 11.9. The van der Waals surface area contributed by atoms with Crippen molar-refractivity contribution in [3.05, 3.63) is 30.0 Å². The topological polar surface area (TPSA) is 46.9 Å². The van der Waals surface area contributed by atoms with Crippen molar-refractivity contribution in [2.75, 3.05) is 0 Å². The van der Waals surface area contributed by atoms with Crippen molar-refractivity contribution in [3.63, 3.8) is 0 Å². The molecule has 1 fully saturated rings. The van der Waals surface area contributed by atoms with E-state index in [4.69, 9.17) is 0 Å². The summed E-state index contributed by atoms with van der Waals surface area (Å²) >= 11 is 0. The summed E-state index contributed by atoms with van der Waals surface area (Å²) in [5, 5.41) is 8.35. The highest BCUT2D eigenvalue weighted by Crippen LogP contribution is 2.20. The van der Waals surface area contributed by atoms with Gasteiger partial charge in [0.25, 0.3) is 5.91 Å². The van der Waals surface area contributed by atoms with E-state index in [0.29, 0.717) is 6.04 Å². The predicted molar refractivity (Wildman–Crippen MR) is 65.9 cm³/mol. The van der Waals surface area contributed by atoms with Gasteiger partial charge in [0.15, 0.2) is 0 Å². The van der Waals surface area contributed by atoms with Crippen LogP contribution in [0.3, 0.4) is 0 Å². The summed E-state index contributed by atoms with van der Waals surface area (Å²) < 4.78 is 1.91. The highest BCUT2D eigenvalue weighted by molar-refractivity contribution is 5.98. The highest BCUT2D eigenvalue weighted by Gasteiger charge is 2.23. The first-order chi connectivity index (χ1) is 8.28. The van der Waals surface area contributed by atoms with Crippen LogP contribution >= 0.6 is 0 Å². The number of fused-ring (bicyclic) bond motifs is 1. The zero-order valence-electron chi connectivity index (χ0n) is 9.81. The largest absolute Gasteiger partial charge is 0.349 e. The number of carbonyl (C=O) groups excluding carboxylic acids is 1. The summed E-state index contributed by atoms with van der Waals surface area (Å²) in [5.74, 6) is 0.0262. The molecule has 0 radical (unpaired) electrons. The molecule has 3 rings (SSSR count). The van der Waals surface area contributed by atoms with E-state index in [2.05, 4.69) is 10.4 Å². The number of aryl methyl sites for hydroxylation is 1. The molecule has 1 aromatic carbocycles. The zero-order chi connectivity index (χ0) is 11.8. The minimum absolute atomic E-state index is 0.0262. The van der Waals surface area contributed by atoms with Crippen LogP contribution in [0.15, 0.2) is 24.4 Å². The van der Waals surface area contributed by atoms with Crippen molar-refractivity contribution < 1.29 is 4.79 Å². The van der Waals surface area contributed by atoms with Gasteiger partial charge in [0.1, 0.15) is 0 Å². The average Bonchev–Trinajstić information content (AvgIpc) is 3.06. The number of hydrogen-bond donors (Lipinski definition) is 1. The lowest BCUT2D eigenvalue weighted by Crippen LogP contribution is -2.25. The molecule has 1 heterocycles. The van der Waals surface area contributed by atoms with Gasteiger partial charge in [-0.2, -0.15) is 5.10 Å². The van der Waals surface area contributed by atoms with Crippen molar-refractivity contribution in [1.82, 2.24) is 15.1 Å². The molecule has 0 atom stereocenters. The third-order valence-electron chi connectivity index (χ3n) is 3.12. The van der Waals surface area contributed by atoms with Gasteiger partial charge >= 0.3 is 0 Å². The minimum Gasteiger partial charge on any atom is -0.349 e. The van der Waals surface area contributed by atoms with E-state index in [-0.39, 0.29) is 5.91 Å². The Hall–Kier alpha value is -1.84. The van der Waals surface area contributed by atoms with Crippen LogP contribution in [0.1, 0.15) is 30.1 Å². The van der Waals surface area contributed by atoms with Gasteiger partial charge in [-0.3, -0.25) is 9.48 Å². The van der Waals surface area contributed by atoms with Crippen molar-refractivity contribution in [3.8, 4) is 0 Å². The van der Waals surface area contributed by atoms with Gasteiger partial charge in [0, 0.05) is 23.5 Å². The number of rotatable bonds is 3. The van der Waals surface area contributed by atoms with Gasteiger partial charge in [-0.1, -0.05) is 6.07 Å². The number of aromatic nitrogens is 2. The molecule has 88 valence electrons. The molecule has 1 saturated carbocycles. The molecule has 4 heteroatoms. The third kappa shape index (κ3) is 1.90. The molecular formula is C13H15N3O. The van der Waals surface area contributed by atoms with Crippen LogP contribution in [-0.4, -0.2) is 21.7 Å². The van der Waals surface area contributed by atoms with Crippen LogP contribution in [-0.2, 0) is 6.54 Å². The number of amides is 1. The first-order valence-electron chi connectivity index (χ1n) is 6.04. The van der Waals surface area contributed by atoms with E-state index < -0.39 is 0 Å². The van der Waals surface area contributed by atoms with Gasteiger partial charge in [-0.25, -0.2) is 0 Å². The molecule has 0 saturated heterocycles. The maximum Gasteiger partial charge on any atom is 0.251 e. The molecule has 0 bridgehead atoms. The molecule has 1 aliphatic carbocycles. The standard InChI is InChI=1S/C13H15N3O/c1-2-16-12-7-9(3-4-10(12)8-14-16)13(17)15-11-5-6-11/h3-4,7-8,11H,2,5-6H2,1H3,(H,15,17). The molecule has 1 aromatic heterocycles. The smallest absolute Gasteiger partial charge is 0.251 e.